The molecule has 0 aromatic carbocycles. The second kappa shape index (κ2) is 8.24. The van der Waals surface area contributed by atoms with E-state index in [0.717, 1.165) is 24.2 Å². The van der Waals surface area contributed by atoms with Gasteiger partial charge in [0.15, 0.2) is 0 Å². The SMILES string of the molecule is CCCC(C)NS(=O)(=O)c1ccc(NCc2cn3cc(Cl)ccc3n2)nc1. The highest BCUT2D eigenvalue weighted by Crippen LogP contribution is 2.15. The number of nitrogens with one attached hydrogen (secondary N) is 2. The quantitative estimate of drug-likeness (QED) is 0.597. The number of hydrogen-bond acceptors (Lipinski definition) is 5. The third-order valence-electron chi connectivity index (χ3n) is 4.04. The van der Waals surface area contributed by atoms with Crippen LogP contribution >= 0.6 is 11.6 Å². The third-order valence-corrected chi connectivity index (χ3v) is 5.84. The second-order valence-corrected chi connectivity index (χ2v) is 8.54. The minimum atomic E-state index is -3.56. The van der Waals surface area contributed by atoms with Crippen LogP contribution in [0, 0.1) is 0 Å². The van der Waals surface area contributed by atoms with Crippen molar-refractivity contribution in [3.8, 4) is 0 Å². The maximum atomic E-state index is 12.3. The van der Waals surface area contributed by atoms with Crippen molar-refractivity contribution in [2.45, 2.75) is 44.2 Å². The average Bonchev–Trinajstić information content (AvgIpc) is 3.02. The summed E-state index contributed by atoms with van der Waals surface area (Å²) in [5.74, 6) is 0.575. The second-order valence-electron chi connectivity index (χ2n) is 6.39. The van der Waals surface area contributed by atoms with Crippen LogP contribution < -0.4 is 10.0 Å². The molecule has 0 aliphatic rings. The molecule has 0 amide bonds. The summed E-state index contributed by atoms with van der Waals surface area (Å²) < 4.78 is 29.2. The van der Waals surface area contributed by atoms with E-state index in [1.54, 1.807) is 24.4 Å². The lowest BCUT2D eigenvalue weighted by Crippen LogP contribution is -2.32. The topological polar surface area (TPSA) is 88.4 Å². The van der Waals surface area contributed by atoms with Gasteiger partial charge in [0, 0.05) is 24.6 Å². The highest BCUT2D eigenvalue weighted by atomic mass is 35.5. The molecule has 9 heteroatoms. The van der Waals surface area contributed by atoms with E-state index < -0.39 is 10.0 Å². The van der Waals surface area contributed by atoms with Gasteiger partial charge in [-0.15, -0.1) is 0 Å². The number of imidazole rings is 1. The van der Waals surface area contributed by atoms with E-state index in [2.05, 4.69) is 20.0 Å². The van der Waals surface area contributed by atoms with E-state index in [0.29, 0.717) is 17.4 Å². The van der Waals surface area contributed by atoms with Gasteiger partial charge in [0.2, 0.25) is 10.0 Å². The zero-order chi connectivity index (χ0) is 19.4. The largest absolute Gasteiger partial charge is 0.364 e. The number of halogens is 1. The maximum absolute atomic E-state index is 12.3. The third kappa shape index (κ3) is 4.97. The normalized spacial score (nSPS) is 13.0. The van der Waals surface area contributed by atoms with Crippen molar-refractivity contribution in [2.24, 2.45) is 0 Å². The number of anilines is 1. The van der Waals surface area contributed by atoms with Crippen molar-refractivity contribution < 1.29 is 8.42 Å². The maximum Gasteiger partial charge on any atom is 0.242 e. The summed E-state index contributed by atoms with van der Waals surface area (Å²) >= 11 is 5.97. The summed E-state index contributed by atoms with van der Waals surface area (Å²) in [5.41, 5.74) is 1.63. The molecule has 3 aromatic rings. The van der Waals surface area contributed by atoms with Crippen molar-refractivity contribution >= 4 is 33.1 Å². The molecule has 3 rings (SSSR count). The van der Waals surface area contributed by atoms with Crippen LogP contribution in [0.3, 0.4) is 0 Å². The summed E-state index contributed by atoms with van der Waals surface area (Å²) in [7, 11) is -3.56. The number of nitrogens with zero attached hydrogens (tertiary/aromatic N) is 3. The van der Waals surface area contributed by atoms with Gasteiger partial charge >= 0.3 is 0 Å². The minimum Gasteiger partial charge on any atom is -0.364 e. The van der Waals surface area contributed by atoms with E-state index in [-0.39, 0.29) is 10.9 Å². The molecular formula is C18H22ClN5O2S. The molecule has 27 heavy (non-hydrogen) atoms. The fourth-order valence-electron chi connectivity index (χ4n) is 2.75. The number of sulfonamides is 1. The van der Waals surface area contributed by atoms with Crippen LogP contribution in [-0.2, 0) is 16.6 Å². The Kier molecular flexibility index (Phi) is 5.98. The monoisotopic (exact) mass is 407 g/mol. The Morgan fingerprint density at radius 3 is 2.74 bits per heavy atom. The Hall–Kier alpha value is -2.16. The van der Waals surface area contributed by atoms with Crippen LogP contribution in [0.25, 0.3) is 5.65 Å². The van der Waals surface area contributed by atoms with Crippen molar-refractivity contribution in [3.05, 3.63) is 53.6 Å². The molecule has 1 unspecified atom stereocenters. The Labute approximate surface area is 163 Å². The molecule has 2 N–H and O–H groups in total. The number of hydrogen-bond donors (Lipinski definition) is 2. The van der Waals surface area contributed by atoms with Gasteiger partial charge in [-0.1, -0.05) is 24.9 Å². The van der Waals surface area contributed by atoms with Crippen LogP contribution in [-0.4, -0.2) is 28.8 Å². The summed E-state index contributed by atoms with van der Waals surface area (Å²) in [5, 5.41) is 3.78. The average molecular weight is 408 g/mol. The van der Waals surface area contributed by atoms with Crippen molar-refractivity contribution in [2.75, 3.05) is 5.32 Å². The first kappa shape index (κ1) is 19.6. The zero-order valence-corrected chi connectivity index (χ0v) is 16.8. The summed E-state index contributed by atoms with van der Waals surface area (Å²) in [6.45, 7) is 4.33. The van der Waals surface area contributed by atoms with Gasteiger partial charge in [0.1, 0.15) is 16.4 Å². The molecule has 0 saturated carbocycles. The molecule has 0 aliphatic carbocycles. The number of rotatable bonds is 8. The van der Waals surface area contributed by atoms with E-state index in [1.165, 1.54) is 6.20 Å². The lowest BCUT2D eigenvalue weighted by Gasteiger charge is -2.13. The van der Waals surface area contributed by atoms with Gasteiger partial charge in [-0.05, 0) is 37.6 Å². The first-order valence-electron chi connectivity index (χ1n) is 8.73. The van der Waals surface area contributed by atoms with Gasteiger partial charge in [0.25, 0.3) is 0 Å². The van der Waals surface area contributed by atoms with E-state index in [1.807, 2.05) is 30.5 Å². The van der Waals surface area contributed by atoms with E-state index in [9.17, 15) is 8.42 Å². The number of aromatic nitrogens is 3. The Bertz CT molecular complexity index is 1020. The van der Waals surface area contributed by atoms with Gasteiger partial charge in [0.05, 0.1) is 17.3 Å². The molecule has 144 valence electrons. The van der Waals surface area contributed by atoms with E-state index >= 15 is 0 Å². The van der Waals surface area contributed by atoms with Gasteiger partial charge in [-0.2, -0.15) is 0 Å². The molecule has 3 heterocycles. The van der Waals surface area contributed by atoms with Crippen LogP contribution in [0.2, 0.25) is 5.02 Å². The van der Waals surface area contributed by atoms with Crippen molar-refractivity contribution in [1.82, 2.24) is 19.1 Å². The molecular weight excluding hydrogens is 386 g/mol. The molecule has 0 saturated heterocycles. The van der Waals surface area contributed by atoms with Crippen LogP contribution in [0.5, 0.6) is 0 Å². The fraction of sp³-hybridized carbons (Fsp3) is 0.333. The highest BCUT2D eigenvalue weighted by molar-refractivity contribution is 7.89. The summed E-state index contributed by atoms with van der Waals surface area (Å²) in [6.07, 6.45) is 6.73. The Morgan fingerprint density at radius 2 is 2.04 bits per heavy atom. The molecule has 0 bridgehead atoms. The van der Waals surface area contributed by atoms with Gasteiger partial charge < -0.3 is 9.72 Å². The minimum absolute atomic E-state index is 0.110. The van der Waals surface area contributed by atoms with Crippen LogP contribution in [0.4, 0.5) is 5.82 Å². The van der Waals surface area contributed by atoms with Crippen molar-refractivity contribution in [1.29, 1.82) is 0 Å². The molecule has 0 fully saturated rings. The first-order valence-corrected chi connectivity index (χ1v) is 10.6. The zero-order valence-electron chi connectivity index (χ0n) is 15.2. The number of fused-ring (bicyclic) bond motifs is 1. The van der Waals surface area contributed by atoms with E-state index in [4.69, 9.17) is 11.6 Å². The predicted molar refractivity (Wildman–Crippen MR) is 106 cm³/mol. The summed E-state index contributed by atoms with van der Waals surface area (Å²) in [6, 6.07) is 6.71. The van der Waals surface area contributed by atoms with Crippen LogP contribution in [0.15, 0.2) is 47.8 Å². The molecule has 3 aromatic heterocycles. The van der Waals surface area contributed by atoms with Gasteiger partial charge in [-0.25, -0.2) is 23.1 Å². The molecule has 0 aliphatic heterocycles. The predicted octanol–water partition coefficient (Wildman–Crippen LogP) is 3.46. The molecule has 1 atom stereocenters. The fourth-order valence-corrected chi connectivity index (χ4v) is 4.14. The highest BCUT2D eigenvalue weighted by Gasteiger charge is 2.17. The molecule has 0 spiro atoms. The Balaban J connectivity index is 1.64. The molecule has 0 radical (unpaired) electrons. The van der Waals surface area contributed by atoms with Crippen LogP contribution in [0.1, 0.15) is 32.4 Å². The molecule has 7 nitrogen and oxygen atoms in total. The first-order chi connectivity index (χ1) is 12.9. The number of pyridine rings is 2. The Morgan fingerprint density at radius 1 is 1.22 bits per heavy atom. The lowest BCUT2D eigenvalue weighted by molar-refractivity contribution is 0.543. The lowest BCUT2D eigenvalue weighted by atomic mass is 10.2. The van der Waals surface area contributed by atoms with Gasteiger partial charge in [-0.3, -0.25) is 0 Å². The summed E-state index contributed by atoms with van der Waals surface area (Å²) in [4.78, 5) is 8.83. The van der Waals surface area contributed by atoms with Crippen molar-refractivity contribution in [3.63, 3.8) is 0 Å². The standard InChI is InChI=1S/C18H22ClN5O2S/c1-3-4-13(2)23-27(25,26)16-6-7-17(21-10-16)20-9-15-12-24-11-14(19)5-8-18(24)22-15/h5-8,10-13,23H,3-4,9H2,1-2H3,(H,20,21). The smallest absolute Gasteiger partial charge is 0.242 e.